The fourth-order valence-electron chi connectivity index (χ4n) is 2.75. The number of halogens is 1. The van der Waals surface area contributed by atoms with Crippen molar-refractivity contribution in [1.82, 2.24) is 0 Å². The molecule has 132 valence electrons. The summed E-state index contributed by atoms with van der Waals surface area (Å²) in [5, 5.41) is 7.81. The number of methoxy groups -OCH3 is 1. The maximum atomic E-state index is 13.0. The molecule has 1 amide bonds. The number of anilines is 1. The quantitative estimate of drug-likeness (QED) is 0.850. The smallest absolute Gasteiger partial charge is 0.238 e. The molecule has 0 heterocycles. The van der Waals surface area contributed by atoms with Crippen molar-refractivity contribution >= 4 is 21.6 Å². The average molecular weight is 364 g/mol. The van der Waals surface area contributed by atoms with Crippen LogP contribution in [-0.4, -0.2) is 21.4 Å². The van der Waals surface area contributed by atoms with E-state index in [0.29, 0.717) is 12.2 Å². The Hall–Kier alpha value is -2.45. The van der Waals surface area contributed by atoms with E-state index in [9.17, 15) is 17.6 Å². The zero-order chi connectivity index (χ0) is 18.2. The zero-order valence-corrected chi connectivity index (χ0v) is 14.2. The fraction of sp³-hybridized carbons (Fsp3) is 0.235. The van der Waals surface area contributed by atoms with Crippen molar-refractivity contribution in [2.75, 3.05) is 12.4 Å². The summed E-state index contributed by atoms with van der Waals surface area (Å²) >= 11 is 0. The number of amides is 1. The topological polar surface area (TPSA) is 98.5 Å². The Morgan fingerprint density at radius 2 is 1.92 bits per heavy atom. The van der Waals surface area contributed by atoms with Crippen LogP contribution >= 0.6 is 0 Å². The highest BCUT2D eigenvalue weighted by Crippen LogP contribution is 2.48. The molecule has 1 fully saturated rings. The molecule has 8 heteroatoms. The van der Waals surface area contributed by atoms with Crippen molar-refractivity contribution in [3.05, 3.63) is 53.8 Å². The number of hydrogen-bond donors (Lipinski definition) is 2. The highest BCUT2D eigenvalue weighted by atomic mass is 32.2. The molecule has 0 aliphatic heterocycles. The van der Waals surface area contributed by atoms with E-state index in [1.54, 1.807) is 12.1 Å². The van der Waals surface area contributed by atoms with Gasteiger partial charge in [-0.15, -0.1) is 0 Å². The van der Waals surface area contributed by atoms with Crippen LogP contribution in [0.2, 0.25) is 0 Å². The lowest BCUT2D eigenvalue weighted by Gasteiger charge is -2.11. The van der Waals surface area contributed by atoms with E-state index in [2.05, 4.69) is 5.32 Å². The number of carbonyl (C=O) groups excluding carboxylic acids is 1. The molecule has 1 aliphatic rings. The van der Waals surface area contributed by atoms with Crippen LogP contribution in [-0.2, 0) is 14.8 Å². The average Bonchev–Trinajstić information content (AvgIpc) is 3.35. The molecule has 0 radical (unpaired) electrons. The lowest BCUT2D eigenvalue weighted by atomic mass is 10.1. The Labute approximate surface area is 144 Å². The van der Waals surface area contributed by atoms with Crippen LogP contribution < -0.4 is 15.2 Å². The second kappa shape index (κ2) is 6.45. The first-order valence-corrected chi connectivity index (χ1v) is 9.11. The van der Waals surface area contributed by atoms with Gasteiger partial charge in [-0.05, 0) is 48.2 Å². The van der Waals surface area contributed by atoms with Crippen LogP contribution in [0, 0.1) is 11.7 Å². The van der Waals surface area contributed by atoms with Crippen LogP contribution in [0.4, 0.5) is 10.1 Å². The molecule has 0 bridgehead atoms. The number of carbonyl (C=O) groups is 1. The maximum Gasteiger partial charge on any atom is 0.238 e. The van der Waals surface area contributed by atoms with E-state index >= 15 is 0 Å². The lowest BCUT2D eigenvalue weighted by Crippen LogP contribution is -2.17. The van der Waals surface area contributed by atoms with Gasteiger partial charge in [0.25, 0.3) is 0 Å². The summed E-state index contributed by atoms with van der Waals surface area (Å²) in [6, 6.07) is 10.1. The highest BCUT2D eigenvalue weighted by molar-refractivity contribution is 7.89. The van der Waals surface area contributed by atoms with Gasteiger partial charge in [0.1, 0.15) is 11.6 Å². The van der Waals surface area contributed by atoms with Crippen LogP contribution in [0.5, 0.6) is 5.75 Å². The van der Waals surface area contributed by atoms with Crippen molar-refractivity contribution in [3.8, 4) is 5.75 Å². The van der Waals surface area contributed by atoms with Gasteiger partial charge >= 0.3 is 0 Å². The molecule has 25 heavy (non-hydrogen) atoms. The van der Waals surface area contributed by atoms with Gasteiger partial charge in [0.2, 0.25) is 15.9 Å². The van der Waals surface area contributed by atoms with Crippen molar-refractivity contribution in [3.63, 3.8) is 0 Å². The van der Waals surface area contributed by atoms with E-state index < -0.39 is 10.0 Å². The van der Waals surface area contributed by atoms with Crippen LogP contribution in [0.1, 0.15) is 17.9 Å². The van der Waals surface area contributed by atoms with Crippen molar-refractivity contribution in [2.45, 2.75) is 17.2 Å². The van der Waals surface area contributed by atoms with Gasteiger partial charge < -0.3 is 10.1 Å². The van der Waals surface area contributed by atoms with Crippen LogP contribution in [0.25, 0.3) is 0 Å². The Balaban J connectivity index is 1.76. The van der Waals surface area contributed by atoms with Crippen LogP contribution in [0.15, 0.2) is 47.4 Å². The number of benzene rings is 2. The number of hydrogen-bond acceptors (Lipinski definition) is 4. The van der Waals surface area contributed by atoms with E-state index in [0.717, 1.165) is 5.56 Å². The summed E-state index contributed by atoms with van der Waals surface area (Å²) in [4.78, 5) is 12.3. The summed E-state index contributed by atoms with van der Waals surface area (Å²) in [5.74, 6) is -0.477. The summed E-state index contributed by atoms with van der Waals surface area (Å²) in [6.45, 7) is 0. The molecule has 0 aromatic heterocycles. The van der Waals surface area contributed by atoms with Gasteiger partial charge in [-0.1, -0.05) is 12.1 Å². The largest absolute Gasteiger partial charge is 0.495 e. The van der Waals surface area contributed by atoms with Gasteiger partial charge in [0.15, 0.2) is 0 Å². The Morgan fingerprint density at radius 3 is 2.52 bits per heavy atom. The molecule has 2 aromatic rings. The van der Waals surface area contributed by atoms with Crippen LogP contribution in [0.3, 0.4) is 0 Å². The molecule has 6 nitrogen and oxygen atoms in total. The first kappa shape index (κ1) is 17.4. The minimum absolute atomic E-state index is 0.0213. The Kier molecular flexibility index (Phi) is 4.49. The summed E-state index contributed by atoms with van der Waals surface area (Å²) in [5.41, 5.74) is 1.13. The first-order valence-electron chi connectivity index (χ1n) is 7.57. The Bertz CT molecular complexity index is 913. The zero-order valence-electron chi connectivity index (χ0n) is 13.4. The minimum atomic E-state index is -3.89. The van der Waals surface area contributed by atoms with Gasteiger partial charge in [0, 0.05) is 5.92 Å². The third kappa shape index (κ3) is 3.80. The molecular formula is C17H17FN2O4S. The number of nitrogens with one attached hydrogen (secondary N) is 1. The summed E-state index contributed by atoms with van der Waals surface area (Å²) in [7, 11) is -2.47. The normalized spacial score (nSPS) is 19.3. The molecule has 0 saturated heterocycles. The molecule has 1 aliphatic carbocycles. The fourth-order valence-corrected chi connectivity index (χ4v) is 3.29. The molecule has 2 atom stereocenters. The maximum absolute atomic E-state index is 13.0. The molecule has 0 spiro atoms. The highest BCUT2D eigenvalue weighted by Gasteiger charge is 2.44. The van der Waals surface area contributed by atoms with Gasteiger partial charge in [0.05, 0.1) is 17.7 Å². The number of nitrogens with two attached hydrogens (primary N) is 1. The number of primary sulfonamides is 1. The van der Waals surface area contributed by atoms with E-state index in [4.69, 9.17) is 9.88 Å². The summed E-state index contributed by atoms with van der Waals surface area (Å²) < 4.78 is 41.1. The lowest BCUT2D eigenvalue weighted by molar-refractivity contribution is -0.117. The molecule has 2 unspecified atom stereocenters. The Morgan fingerprint density at radius 1 is 1.24 bits per heavy atom. The standard InChI is InChI=1S/C17H17FN2O4S/c1-24-16-7-6-12(25(19,22)23)8-15(16)20-17(21)14-9-13(14)10-2-4-11(18)5-3-10/h2-8,13-14H,9H2,1H3,(H,20,21)(H2,19,22,23). The van der Waals surface area contributed by atoms with E-state index in [-0.39, 0.29) is 34.1 Å². The third-order valence-corrected chi connectivity index (χ3v) is 5.09. The van der Waals surface area contributed by atoms with Crippen molar-refractivity contribution in [1.29, 1.82) is 0 Å². The van der Waals surface area contributed by atoms with Crippen molar-refractivity contribution in [2.24, 2.45) is 11.1 Å². The molecule has 1 saturated carbocycles. The van der Waals surface area contributed by atoms with Gasteiger partial charge in [-0.2, -0.15) is 0 Å². The predicted molar refractivity (Wildman–Crippen MR) is 90.2 cm³/mol. The number of sulfonamides is 1. The number of rotatable bonds is 5. The number of ether oxygens (including phenoxy) is 1. The second-order valence-corrected chi connectivity index (χ2v) is 7.46. The summed E-state index contributed by atoms with van der Waals surface area (Å²) in [6.07, 6.45) is 0.647. The molecule has 3 N–H and O–H groups in total. The minimum Gasteiger partial charge on any atom is -0.495 e. The first-order chi connectivity index (χ1) is 11.8. The SMILES string of the molecule is COc1ccc(S(N)(=O)=O)cc1NC(=O)C1CC1c1ccc(F)cc1. The molecule has 2 aromatic carbocycles. The second-order valence-electron chi connectivity index (χ2n) is 5.90. The van der Waals surface area contributed by atoms with E-state index in [1.165, 1.54) is 37.4 Å². The third-order valence-electron chi connectivity index (χ3n) is 4.18. The van der Waals surface area contributed by atoms with Crippen molar-refractivity contribution < 1.29 is 22.3 Å². The van der Waals surface area contributed by atoms with E-state index in [1.807, 2.05) is 0 Å². The molecule has 3 rings (SSSR count). The van der Waals surface area contributed by atoms with Gasteiger partial charge in [-0.25, -0.2) is 17.9 Å². The molecular weight excluding hydrogens is 347 g/mol. The predicted octanol–water partition coefficient (Wildman–Crippen LogP) is 2.22. The monoisotopic (exact) mass is 364 g/mol. The van der Waals surface area contributed by atoms with Gasteiger partial charge in [-0.3, -0.25) is 4.79 Å².